The summed E-state index contributed by atoms with van der Waals surface area (Å²) in [5, 5.41) is 0. The molecule has 5 heteroatoms. The van der Waals surface area contributed by atoms with Gasteiger partial charge in [0, 0.05) is 4.88 Å². The van der Waals surface area contributed by atoms with Crippen LogP contribution in [0.5, 0.6) is 0 Å². The summed E-state index contributed by atoms with van der Waals surface area (Å²) < 4.78 is 6.81. The lowest BCUT2D eigenvalue weighted by Gasteiger charge is -1.98. The van der Waals surface area contributed by atoms with Crippen molar-refractivity contribution in [2.75, 3.05) is 6.61 Å². The van der Waals surface area contributed by atoms with E-state index in [1.54, 1.807) is 18.3 Å². The molecule has 0 aliphatic heterocycles. The van der Waals surface area contributed by atoms with Gasteiger partial charge in [0.05, 0.1) is 21.3 Å². The summed E-state index contributed by atoms with van der Waals surface area (Å²) in [5.74, 6) is -0.314. The Labute approximate surface area is 99.6 Å². The number of nitrogens with one attached hydrogen (secondary N) is 1. The summed E-state index contributed by atoms with van der Waals surface area (Å²) in [4.78, 5) is 15.8. The van der Waals surface area contributed by atoms with Crippen molar-refractivity contribution in [3.63, 3.8) is 0 Å². The Morgan fingerprint density at radius 2 is 2.40 bits per heavy atom. The molecule has 0 unspecified atom stereocenters. The van der Waals surface area contributed by atoms with E-state index < -0.39 is 0 Å². The van der Waals surface area contributed by atoms with Crippen LogP contribution < -0.4 is 0 Å². The van der Waals surface area contributed by atoms with Crippen LogP contribution in [-0.2, 0) is 4.74 Å². The van der Waals surface area contributed by atoms with E-state index >= 15 is 0 Å². The smallest absolute Gasteiger partial charge is 0.355 e. The molecule has 0 spiro atoms. The minimum Gasteiger partial charge on any atom is -0.461 e. The van der Waals surface area contributed by atoms with Gasteiger partial charge in [0.1, 0.15) is 5.69 Å². The highest BCUT2D eigenvalue weighted by atomic mass is 79.9. The molecular formula is C10H10BrNO2S. The van der Waals surface area contributed by atoms with Gasteiger partial charge < -0.3 is 9.72 Å². The number of carbonyl (C=O) groups excluding carboxylic acids is 1. The third-order valence-electron chi connectivity index (χ3n) is 2.01. The van der Waals surface area contributed by atoms with Crippen molar-refractivity contribution in [2.24, 2.45) is 0 Å². The van der Waals surface area contributed by atoms with Gasteiger partial charge in [0.15, 0.2) is 0 Å². The van der Waals surface area contributed by atoms with Crippen molar-refractivity contribution < 1.29 is 9.53 Å². The molecule has 0 radical (unpaired) electrons. The summed E-state index contributed by atoms with van der Waals surface area (Å²) in [6.45, 7) is 4.22. The van der Waals surface area contributed by atoms with Crippen molar-refractivity contribution in [1.82, 2.24) is 4.98 Å². The van der Waals surface area contributed by atoms with Gasteiger partial charge in [0.25, 0.3) is 0 Å². The number of rotatable bonds is 2. The molecule has 0 atom stereocenters. The molecule has 0 aliphatic carbocycles. The van der Waals surface area contributed by atoms with E-state index in [2.05, 4.69) is 20.9 Å². The molecule has 0 aromatic carbocycles. The van der Waals surface area contributed by atoms with E-state index in [4.69, 9.17) is 4.74 Å². The predicted octanol–water partition coefficient (Wildman–Crippen LogP) is 3.48. The molecule has 15 heavy (non-hydrogen) atoms. The number of esters is 1. The first-order valence-corrected chi connectivity index (χ1v) is 6.19. The second-order valence-electron chi connectivity index (χ2n) is 3.13. The fourth-order valence-electron chi connectivity index (χ4n) is 1.42. The lowest BCUT2D eigenvalue weighted by Crippen LogP contribution is -2.05. The Balaban J connectivity index is 2.49. The number of hydrogen-bond donors (Lipinski definition) is 1. The summed E-state index contributed by atoms with van der Waals surface area (Å²) in [5.41, 5.74) is 1.48. The van der Waals surface area contributed by atoms with E-state index in [0.717, 1.165) is 14.7 Å². The fourth-order valence-corrected chi connectivity index (χ4v) is 3.04. The van der Waals surface area contributed by atoms with Gasteiger partial charge in [-0.3, -0.25) is 0 Å². The monoisotopic (exact) mass is 287 g/mol. The van der Waals surface area contributed by atoms with Crippen LogP contribution in [0.15, 0.2) is 10.5 Å². The van der Waals surface area contributed by atoms with Crippen molar-refractivity contribution in [1.29, 1.82) is 0 Å². The average molecular weight is 288 g/mol. The number of fused-ring (bicyclic) bond motifs is 1. The highest BCUT2D eigenvalue weighted by Crippen LogP contribution is 2.34. The summed E-state index contributed by atoms with van der Waals surface area (Å²) in [7, 11) is 0. The molecule has 2 rings (SSSR count). The fraction of sp³-hybridized carbons (Fsp3) is 0.300. The Kier molecular flexibility index (Phi) is 2.84. The van der Waals surface area contributed by atoms with Crippen LogP contribution in [0.2, 0.25) is 0 Å². The molecule has 3 nitrogen and oxygen atoms in total. The number of aromatic amines is 1. The SMILES string of the molecule is CCOC(=O)c1[nH]c2cc(C)sc2c1Br. The molecule has 2 heterocycles. The Morgan fingerprint density at radius 1 is 1.67 bits per heavy atom. The molecule has 1 N–H and O–H groups in total. The maximum absolute atomic E-state index is 11.5. The highest BCUT2D eigenvalue weighted by Gasteiger charge is 2.18. The number of ether oxygens (including phenoxy) is 1. The van der Waals surface area contributed by atoms with Crippen LogP contribution in [0.25, 0.3) is 10.2 Å². The van der Waals surface area contributed by atoms with Crippen LogP contribution in [0.3, 0.4) is 0 Å². The van der Waals surface area contributed by atoms with Gasteiger partial charge in [-0.1, -0.05) is 0 Å². The van der Waals surface area contributed by atoms with Crippen LogP contribution in [0, 0.1) is 6.92 Å². The highest BCUT2D eigenvalue weighted by molar-refractivity contribution is 9.10. The predicted molar refractivity (Wildman–Crippen MR) is 64.6 cm³/mol. The molecule has 2 aromatic rings. The maximum atomic E-state index is 11.5. The standard InChI is InChI=1S/C10H10BrNO2S/c1-3-14-10(13)8-7(11)9-6(12-8)4-5(2)15-9/h4,12H,3H2,1-2H3. The number of H-pyrrole nitrogens is 1. The van der Waals surface area contributed by atoms with Crippen LogP contribution in [0.1, 0.15) is 22.3 Å². The van der Waals surface area contributed by atoms with Gasteiger partial charge in [-0.05, 0) is 35.8 Å². The molecule has 0 saturated carbocycles. The van der Waals surface area contributed by atoms with E-state index in [1.165, 1.54) is 4.88 Å². The second-order valence-corrected chi connectivity index (χ2v) is 5.18. The number of halogens is 1. The molecule has 0 fully saturated rings. The van der Waals surface area contributed by atoms with Gasteiger partial charge in [0.2, 0.25) is 0 Å². The van der Waals surface area contributed by atoms with Crippen molar-refractivity contribution in [3.05, 3.63) is 21.1 Å². The quantitative estimate of drug-likeness (QED) is 0.860. The first kappa shape index (κ1) is 10.7. The van der Waals surface area contributed by atoms with Gasteiger partial charge in [-0.15, -0.1) is 11.3 Å². The van der Waals surface area contributed by atoms with Gasteiger partial charge in [-0.2, -0.15) is 0 Å². The third kappa shape index (κ3) is 1.81. The minimum atomic E-state index is -0.314. The second kappa shape index (κ2) is 3.98. The molecule has 2 aromatic heterocycles. The zero-order chi connectivity index (χ0) is 11.0. The number of aromatic nitrogens is 1. The third-order valence-corrected chi connectivity index (χ3v) is 4.14. The topological polar surface area (TPSA) is 42.1 Å². The normalized spacial score (nSPS) is 10.9. The lowest BCUT2D eigenvalue weighted by atomic mass is 10.4. The molecule has 0 aliphatic rings. The Hall–Kier alpha value is -0.810. The lowest BCUT2D eigenvalue weighted by molar-refractivity contribution is 0.0519. The number of carbonyl (C=O) groups is 1. The summed E-state index contributed by atoms with van der Waals surface area (Å²) in [6, 6.07) is 2.02. The van der Waals surface area contributed by atoms with Gasteiger partial charge in [-0.25, -0.2) is 4.79 Å². The number of aryl methyl sites for hydroxylation is 1. The maximum Gasteiger partial charge on any atom is 0.355 e. The Bertz CT molecular complexity index is 515. The largest absolute Gasteiger partial charge is 0.461 e. The van der Waals surface area contributed by atoms with E-state index in [9.17, 15) is 4.79 Å². The van der Waals surface area contributed by atoms with Crippen molar-refractivity contribution in [2.45, 2.75) is 13.8 Å². The van der Waals surface area contributed by atoms with Gasteiger partial charge >= 0.3 is 5.97 Å². The molecule has 0 amide bonds. The first-order valence-electron chi connectivity index (χ1n) is 4.58. The van der Waals surface area contributed by atoms with E-state index in [1.807, 2.05) is 13.0 Å². The average Bonchev–Trinajstić information content (AvgIpc) is 2.66. The van der Waals surface area contributed by atoms with Crippen LogP contribution >= 0.6 is 27.3 Å². The van der Waals surface area contributed by atoms with Crippen LogP contribution in [0.4, 0.5) is 0 Å². The van der Waals surface area contributed by atoms with Crippen LogP contribution in [-0.4, -0.2) is 17.6 Å². The Morgan fingerprint density at radius 3 is 3.00 bits per heavy atom. The van der Waals surface area contributed by atoms with E-state index in [-0.39, 0.29) is 5.97 Å². The number of hydrogen-bond acceptors (Lipinski definition) is 3. The van der Waals surface area contributed by atoms with Crippen molar-refractivity contribution >= 4 is 43.5 Å². The van der Waals surface area contributed by atoms with E-state index in [0.29, 0.717) is 12.3 Å². The first-order chi connectivity index (χ1) is 7.13. The zero-order valence-electron chi connectivity index (χ0n) is 8.39. The molecule has 80 valence electrons. The zero-order valence-corrected chi connectivity index (χ0v) is 10.8. The molecule has 0 bridgehead atoms. The summed E-state index contributed by atoms with van der Waals surface area (Å²) in [6.07, 6.45) is 0. The summed E-state index contributed by atoms with van der Waals surface area (Å²) >= 11 is 5.06. The number of thiophene rings is 1. The minimum absolute atomic E-state index is 0.314. The molecule has 0 saturated heterocycles. The molecular weight excluding hydrogens is 278 g/mol. The van der Waals surface area contributed by atoms with Crippen molar-refractivity contribution in [3.8, 4) is 0 Å².